The fourth-order valence-electron chi connectivity index (χ4n) is 3.23. The molecule has 2 aromatic heterocycles. The van der Waals surface area contributed by atoms with Gasteiger partial charge in [0.2, 0.25) is 11.8 Å². The van der Waals surface area contributed by atoms with Crippen molar-refractivity contribution in [1.29, 1.82) is 0 Å². The number of aryl methyl sites for hydroxylation is 1. The zero-order valence-electron chi connectivity index (χ0n) is 16.8. The van der Waals surface area contributed by atoms with Crippen molar-refractivity contribution in [2.24, 2.45) is 4.99 Å². The summed E-state index contributed by atoms with van der Waals surface area (Å²) in [6.45, 7) is 3.92. The predicted octanol–water partition coefficient (Wildman–Crippen LogP) is 3.65. The summed E-state index contributed by atoms with van der Waals surface area (Å²) in [6.07, 6.45) is 1.62. The molecular weight excluding hydrogens is 420 g/mol. The molecule has 0 fully saturated rings. The molecule has 1 aromatic carbocycles. The molecule has 3 heterocycles. The van der Waals surface area contributed by atoms with Crippen molar-refractivity contribution >= 4 is 50.3 Å². The molecule has 1 N–H and O–H groups in total. The highest BCUT2D eigenvalue weighted by Crippen LogP contribution is 2.38. The lowest BCUT2D eigenvalue weighted by molar-refractivity contribution is -0.120. The molecule has 3 aromatic rings. The van der Waals surface area contributed by atoms with Crippen LogP contribution in [0.15, 0.2) is 40.8 Å². The number of carbonyl (C=O) groups is 2. The fourth-order valence-corrected chi connectivity index (χ4v) is 4.95. The number of nitrogens with one attached hydrogen (secondary N) is 1. The molecule has 0 saturated carbocycles. The molecule has 0 aliphatic carbocycles. The number of thiazole rings is 1. The summed E-state index contributed by atoms with van der Waals surface area (Å²) < 4.78 is 5.25. The average Bonchev–Trinajstić information content (AvgIpc) is 3.32. The van der Waals surface area contributed by atoms with Gasteiger partial charge < -0.3 is 10.1 Å². The molecule has 7 nitrogen and oxygen atoms in total. The van der Waals surface area contributed by atoms with E-state index in [9.17, 15) is 9.59 Å². The quantitative estimate of drug-likeness (QED) is 0.656. The van der Waals surface area contributed by atoms with Gasteiger partial charge >= 0.3 is 0 Å². The second-order valence-corrected chi connectivity index (χ2v) is 8.82. The molecule has 0 saturated heterocycles. The minimum Gasteiger partial charge on any atom is -0.497 e. The third-order valence-electron chi connectivity index (χ3n) is 4.87. The highest BCUT2D eigenvalue weighted by Gasteiger charge is 2.30. The molecule has 154 valence electrons. The van der Waals surface area contributed by atoms with Gasteiger partial charge in [0.05, 0.1) is 12.8 Å². The maximum absolute atomic E-state index is 12.9. The summed E-state index contributed by atoms with van der Waals surface area (Å²) in [4.78, 5) is 36.8. The van der Waals surface area contributed by atoms with E-state index < -0.39 is 0 Å². The van der Waals surface area contributed by atoms with Gasteiger partial charge in [-0.1, -0.05) is 0 Å². The molecule has 0 bridgehead atoms. The van der Waals surface area contributed by atoms with Crippen LogP contribution in [0.1, 0.15) is 21.6 Å². The van der Waals surface area contributed by atoms with Crippen LogP contribution >= 0.6 is 22.7 Å². The first-order valence-electron chi connectivity index (χ1n) is 9.27. The first-order chi connectivity index (χ1) is 14.5. The van der Waals surface area contributed by atoms with Crippen LogP contribution in [0.2, 0.25) is 0 Å². The van der Waals surface area contributed by atoms with Gasteiger partial charge in [0.1, 0.15) is 23.8 Å². The molecule has 1 aliphatic heterocycles. The van der Waals surface area contributed by atoms with E-state index in [1.807, 2.05) is 38.1 Å². The molecule has 0 unspecified atom stereocenters. The van der Waals surface area contributed by atoms with E-state index in [2.05, 4.69) is 15.3 Å². The normalized spacial score (nSPS) is 13.5. The molecule has 9 heteroatoms. The Labute approximate surface area is 182 Å². The van der Waals surface area contributed by atoms with Crippen LogP contribution < -0.4 is 15.0 Å². The van der Waals surface area contributed by atoms with Crippen LogP contribution in [-0.4, -0.2) is 42.7 Å². The number of amides is 2. The topological polar surface area (TPSA) is 83.9 Å². The molecular formula is C21H20N4O3S2. The molecule has 2 amide bonds. The highest BCUT2D eigenvalue weighted by atomic mass is 32.1. The lowest BCUT2D eigenvalue weighted by atomic mass is 10.00. The van der Waals surface area contributed by atoms with Gasteiger partial charge in [0, 0.05) is 27.6 Å². The standard InChI is InChI=1S/C21H20N4O3S2/c1-12-13(2)30-20-18(12)19(14-4-6-15(28-3)7-5-14)23-10-17(27)25(20)11-16(26)24-21-22-8-9-29-21/h4-9H,10-11H2,1-3H3,(H,22,24,26). The lowest BCUT2D eigenvalue weighted by Crippen LogP contribution is -2.38. The minimum absolute atomic E-state index is 0.0220. The van der Waals surface area contributed by atoms with Gasteiger partial charge in [-0.05, 0) is 43.7 Å². The number of aliphatic imine (C=N–C) groups is 1. The molecule has 0 radical (unpaired) electrons. The Balaban J connectivity index is 1.70. The van der Waals surface area contributed by atoms with Crippen molar-refractivity contribution in [3.63, 3.8) is 0 Å². The smallest absolute Gasteiger partial charge is 0.249 e. The fraction of sp³-hybridized carbons (Fsp3) is 0.238. The number of carbonyl (C=O) groups excluding carboxylic acids is 2. The number of fused-ring (bicyclic) bond motifs is 1. The van der Waals surface area contributed by atoms with Crippen molar-refractivity contribution in [2.75, 3.05) is 30.4 Å². The number of benzene rings is 1. The van der Waals surface area contributed by atoms with Crippen molar-refractivity contribution in [3.05, 3.63) is 57.4 Å². The summed E-state index contributed by atoms with van der Waals surface area (Å²) in [6, 6.07) is 7.61. The summed E-state index contributed by atoms with van der Waals surface area (Å²) in [5.74, 6) is 0.249. The summed E-state index contributed by atoms with van der Waals surface area (Å²) in [5.41, 5.74) is 3.62. The summed E-state index contributed by atoms with van der Waals surface area (Å²) in [5, 5.41) is 5.79. The van der Waals surface area contributed by atoms with Crippen molar-refractivity contribution in [2.45, 2.75) is 13.8 Å². The van der Waals surface area contributed by atoms with E-state index in [4.69, 9.17) is 4.74 Å². The monoisotopic (exact) mass is 440 g/mol. The van der Waals surface area contributed by atoms with Crippen LogP contribution in [0.3, 0.4) is 0 Å². The Hall–Kier alpha value is -3.04. The Morgan fingerprint density at radius 1 is 1.27 bits per heavy atom. The number of methoxy groups -OCH3 is 1. The number of thiophene rings is 1. The van der Waals surface area contributed by atoms with Gasteiger partial charge in [-0.2, -0.15) is 0 Å². The van der Waals surface area contributed by atoms with Gasteiger partial charge in [-0.25, -0.2) is 4.98 Å². The first-order valence-corrected chi connectivity index (χ1v) is 11.0. The second-order valence-electron chi connectivity index (χ2n) is 6.72. The van der Waals surface area contributed by atoms with E-state index in [1.54, 1.807) is 18.7 Å². The zero-order chi connectivity index (χ0) is 21.3. The highest BCUT2D eigenvalue weighted by molar-refractivity contribution is 7.17. The second kappa shape index (κ2) is 8.37. The number of nitrogens with zero attached hydrogens (tertiary/aromatic N) is 3. The van der Waals surface area contributed by atoms with Crippen LogP contribution in [0.4, 0.5) is 10.1 Å². The van der Waals surface area contributed by atoms with Crippen LogP contribution in [0.25, 0.3) is 0 Å². The van der Waals surface area contributed by atoms with Crippen LogP contribution in [0.5, 0.6) is 5.75 Å². The third kappa shape index (κ3) is 3.86. The minimum atomic E-state index is -0.291. The SMILES string of the molecule is COc1ccc(C2=NCC(=O)N(CC(=O)Nc3nccs3)c3sc(C)c(C)c32)cc1. The molecule has 0 spiro atoms. The predicted molar refractivity (Wildman–Crippen MR) is 120 cm³/mol. The van der Waals surface area contributed by atoms with E-state index in [-0.39, 0.29) is 24.9 Å². The number of hydrogen-bond donors (Lipinski definition) is 1. The van der Waals surface area contributed by atoms with Crippen molar-refractivity contribution in [3.8, 4) is 5.75 Å². The number of rotatable bonds is 5. The molecule has 4 rings (SSSR count). The Bertz CT molecular complexity index is 1120. The summed E-state index contributed by atoms with van der Waals surface area (Å²) in [7, 11) is 1.62. The van der Waals surface area contributed by atoms with Crippen LogP contribution in [-0.2, 0) is 9.59 Å². The van der Waals surface area contributed by atoms with Gasteiger partial charge in [0.25, 0.3) is 0 Å². The largest absolute Gasteiger partial charge is 0.497 e. The number of ether oxygens (including phenoxy) is 1. The lowest BCUT2D eigenvalue weighted by Gasteiger charge is -2.19. The van der Waals surface area contributed by atoms with Gasteiger partial charge in [-0.3, -0.25) is 19.5 Å². The van der Waals surface area contributed by atoms with Gasteiger partial charge in [0.15, 0.2) is 5.13 Å². The van der Waals surface area contributed by atoms with Crippen LogP contribution in [0, 0.1) is 13.8 Å². The number of aromatic nitrogens is 1. The van der Waals surface area contributed by atoms with Crippen molar-refractivity contribution < 1.29 is 14.3 Å². The Morgan fingerprint density at radius 2 is 2.03 bits per heavy atom. The third-order valence-corrected chi connectivity index (χ3v) is 6.78. The molecule has 30 heavy (non-hydrogen) atoms. The summed E-state index contributed by atoms with van der Waals surface area (Å²) >= 11 is 2.84. The number of hydrogen-bond acceptors (Lipinski definition) is 7. The maximum Gasteiger partial charge on any atom is 0.249 e. The van der Waals surface area contributed by atoms with E-state index in [0.29, 0.717) is 5.13 Å². The Morgan fingerprint density at radius 3 is 2.70 bits per heavy atom. The van der Waals surface area contributed by atoms with Gasteiger partial charge in [-0.15, -0.1) is 22.7 Å². The zero-order valence-corrected chi connectivity index (χ0v) is 18.4. The number of anilines is 2. The van der Waals surface area contributed by atoms with E-state index >= 15 is 0 Å². The van der Waals surface area contributed by atoms with E-state index in [1.165, 1.54) is 27.6 Å². The Kier molecular flexibility index (Phi) is 5.65. The maximum atomic E-state index is 12.9. The molecule has 1 aliphatic rings. The average molecular weight is 441 g/mol. The van der Waals surface area contributed by atoms with E-state index in [0.717, 1.165) is 38.0 Å². The molecule has 0 atom stereocenters. The van der Waals surface area contributed by atoms with Crippen molar-refractivity contribution in [1.82, 2.24) is 4.98 Å². The first kappa shape index (κ1) is 20.2.